The normalized spacial score (nSPS) is 12.3. The summed E-state index contributed by atoms with van der Waals surface area (Å²) in [6.07, 6.45) is 1.56. The van der Waals surface area contributed by atoms with Crippen molar-refractivity contribution in [3.8, 4) is 17.0 Å². The maximum atomic E-state index is 13.2. The topological polar surface area (TPSA) is 84.8 Å². The van der Waals surface area contributed by atoms with Crippen molar-refractivity contribution < 1.29 is 9.53 Å². The van der Waals surface area contributed by atoms with Crippen molar-refractivity contribution in [1.82, 2.24) is 25.1 Å². The van der Waals surface area contributed by atoms with Crippen molar-refractivity contribution in [2.24, 2.45) is 13.0 Å². The number of amides is 1. The predicted octanol–water partition coefficient (Wildman–Crippen LogP) is 4.10. The van der Waals surface area contributed by atoms with Gasteiger partial charge in [0.15, 0.2) is 0 Å². The highest BCUT2D eigenvalue weighted by molar-refractivity contribution is 6.00. The second-order valence-electron chi connectivity index (χ2n) is 7.60. The summed E-state index contributed by atoms with van der Waals surface area (Å²) in [4.78, 5) is 18.0. The Balaban J connectivity index is 1.65. The molecule has 1 amide bonds. The van der Waals surface area contributed by atoms with Crippen LogP contribution in [0.3, 0.4) is 0 Å². The number of nitrogens with one attached hydrogen (secondary N) is 2. The van der Waals surface area contributed by atoms with Crippen LogP contribution < -0.4 is 10.1 Å². The van der Waals surface area contributed by atoms with E-state index >= 15 is 0 Å². The molecule has 0 saturated carbocycles. The Labute approximate surface area is 175 Å². The highest BCUT2D eigenvalue weighted by atomic mass is 16.5. The Kier molecular flexibility index (Phi) is 5.27. The van der Waals surface area contributed by atoms with Gasteiger partial charge in [-0.15, -0.1) is 0 Å². The van der Waals surface area contributed by atoms with Crippen LogP contribution >= 0.6 is 0 Å². The number of rotatable bonds is 6. The van der Waals surface area contributed by atoms with Gasteiger partial charge in [-0.25, -0.2) is 4.98 Å². The lowest BCUT2D eigenvalue weighted by Crippen LogP contribution is -2.33. The van der Waals surface area contributed by atoms with Gasteiger partial charge in [0.25, 0.3) is 5.91 Å². The number of H-pyrrole nitrogens is 1. The van der Waals surface area contributed by atoms with E-state index in [1.165, 1.54) is 0 Å². The molecule has 4 aromatic rings. The van der Waals surface area contributed by atoms with Crippen molar-refractivity contribution in [3.63, 3.8) is 0 Å². The number of fused-ring (bicyclic) bond motifs is 1. The third-order valence-electron chi connectivity index (χ3n) is 5.32. The largest absolute Gasteiger partial charge is 0.497 e. The molecule has 0 saturated heterocycles. The summed E-state index contributed by atoms with van der Waals surface area (Å²) < 4.78 is 7.26. The zero-order chi connectivity index (χ0) is 21.3. The summed E-state index contributed by atoms with van der Waals surface area (Å²) in [5, 5.41) is 10.2. The molecule has 2 N–H and O–H groups in total. The Morgan fingerprint density at radius 1 is 1.13 bits per heavy atom. The first-order valence-corrected chi connectivity index (χ1v) is 9.89. The van der Waals surface area contributed by atoms with Crippen molar-refractivity contribution in [3.05, 3.63) is 66.1 Å². The molecule has 7 nitrogen and oxygen atoms in total. The molecule has 0 aliphatic heterocycles. The second kappa shape index (κ2) is 8.02. The Hall–Kier alpha value is -3.61. The number of carbonyl (C=O) groups excluding carboxylic acids is 1. The zero-order valence-electron chi connectivity index (χ0n) is 17.5. The molecule has 0 aliphatic rings. The fourth-order valence-corrected chi connectivity index (χ4v) is 3.63. The molecule has 1 atom stereocenters. The number of aryl methyl sites for hydroxylation is 1. The molecule has 2 heterocycles. The summed E-state index contributed by atoms with van der Waals surface area (Å²) in [5.74, 6) is 1.54. The van der Waals surface area contributed by atoms with E-state index < -0.39 is 0 Å². The first-order valence-electron chi connectivity index (χ1n) is 9.89. The van der Waals surface area contributed by atoms with Crippen LogP contribution in [0.5, 0.6) is 5.75 Å². The fraction of sp³-hybridized carbons (Fsp3) is 0.261. The van der Waals surface area contributed by atoms with Gasteiger partial charge in [-0.3, -0.25) is 9.89 Å². The number of hydrogen-bond acceptors (Lipinski definition) is 4. The minimum atomic E-state index is -0.242. The first kappa shape index (κ1) is 19.7. The number of aromatic amines is 1. The highest BCUT2D eigenvalue weighted by Crippen LogP contribution is 2.27. The van der Waals surface area contributed by atoms with Crippen LogP contribution in [0.4, 0.5) is 0 Å². The number of hydrogen-bond donors (Lipinski definition) is 2. The van der Waals surface area contributed by atoms with E-state index in [1.807, 2.05) is 60.1 Å². The molecule has 0 bridgehead atoms. The van der Waals surface area contributed by atoms with Crippen LogP contribution in [0.2, 0.25) is 0 Å². The van der Waals surface area contributed by atoms with Crippen molar-refractivity contribution in [1.29, 1.82) is 0 Å². The maximum Gasteiger partial charge on any atom is 0.255 e. The Bertz CT molecular complexity index is 1170. The summed E-state index contributed by atoms with van der Waals surface area (Å²) in [6.45, 7) is 4.15. The summed E-state index contributed by atoms with van der Waals surface area (Å²) in [7, 11) is 3.60. The maximum absolute atomic E-state index is 13.2. The van der Waals surface area contributed by atoms with Crippen LogP contribution in [-0.2, 0) is 7.05 Å². The van der Waals surface area contributed by atoms with Gasteiger partial charge in [-0.05, 0) is 42.3 Å². The molecule has 154 valence electrons. The van der Waals surface area contributed by atoms with Gasteiger partial charge in [0.05, 0.1) is 41.6 Å². The van der Waals surface area contributed by atoms with E-state index in [0.717, 1.165) is 28.2 Å². The number of methoxy groups -OCH3 is 1. The fourth-order valence-electron chi connectivity index (χ4n) is 3.63. The summed E-state index contributed by atoms with van der Waals surface area (Å²) >= 11 is 0. The smallest absolute Gasteiger partial charge is 0.255 e. The monoisotopic (exact) mass is 403 g/mol. The van der Waals surface area contributed by atoms with Gasteiger partial charge >= 0.3 is 0 Å². The van der Waals surface area contributed by atoms with Gasteiger partial charge in [0.2, 0.25) is 0 Å². The van der Waals surface area contributed by atoms with E-state index in [-0.39, 0.29) is 17.9 Å². The van der Waals surface area contributed by atoms with Gasteiger partial charge in [0, 0.05) is 12.6 Å². The molecule has 0 spiro atoms. The molecular formula is C23H25N5O2. The van der Waals surface area contributed by atoms with Crippen LogP contribution in [0.15, 0.2) is 54.7 Å². The van der Waals surface area contributed by atoms with Crippen LogP contribution in [-0.4, -0.2) is 32.8 Å². The summed E-state index contributed by atoms with van der Waals surface area (Å²) in [5.41, 5.74) is 3.97. The molecule has 0 fully saturated rings. The molecular weight excluding hydrogens is 378 g/mol. The number of ether oxygens (including phenoxy) is 1. The standard InChI is InChI=1S/C23H25N5O2/c1-14(2)20(22-25-18-7-5-6-8-19(18)28(22)3)26-23(29)17-13-24-27-21(17)15-9-11-16(30-4)12-10-15/h5-14,20H,1-4H3,(H,24,27)(H,26,29). The van der Waals surface area contributed by atoms with E-state index in [2.05, 4.69) is 29.4 Å². The molecule has 2 aromatic heterocycles. The lowest BCUT2D eigenvalue weighted by atomic mass is 10.0. The third kappa shape index (κ3) is 3.54. The molecule has 0 aliphatic carbocycles. The van der Waals surface area contributed by atoms with Gasteiger partial charge < -0.3 is 14.6 Å². The molecule has 4 rings (SSSR count). The first-order chi connectivity index (χ1) is 14.5. The Morgan fingerprint density at radius 2 is 1.87 bits per heavy atom. The van der Waals surface area contributed by atoms with Gasteiger partial charge in [-0.2, -0.15) is 5.10 Å². The third-order valence-corrected chi connectivity index (χ3v) is 5.32. The highest BCUT2D eigenvalue weighted by Gasteiger charge is 2.26. The number of aromatic nitrogens is 4. The molecule has 2 aromatic carbocycles. The average molecular weight is 403 g/mol. The minimum Gasteiger partial charge on any atom is -0.497 e. The molecule has 1 unspecified atom stereocenters. The number of benzene rings is 2. The predicted molar refractivity (Wildman–Crippen MR) is 116 cm³/mol. The van der Waals surface area contributed by atoms with Crippen molar-refractivity contribution in [2.45, 2.75) is 19.9 Å². The summed E-state index contributed by atoms with van der Waals surface area (Å²) in [6, 6.07) is 15.2. The Morgan fingerprint density at radius 3 is 2.53 bits per heavy atom. The average Bonchev–Trinajstić information content (AvgIpc) is 3.37. The van der Waals surface area contributed by atoms with Crippen LogP contribution in [0.1, 0.15) is 36.1 Å². The molecule has 30 heavy (non-hydrogen) atoms. The molecule has 7 heteroatoms. The second-order valence-corrected chi connectivity index (χ2v) is 7.60. The van der Waals surface area contributed by atoms with E-state index in [1.54, 1.807) is 13.3 Å². The van der Waals surface area contributed by atoms with E-state index in [4.69, 9.17) is 9.72 Å². The van der Waals surface area contributed by atoms with E-state index in [0.29, 0.717) is 11.3 Å². The SMILES string of the molecule is COc1ccc(-c2[nH]ncc2C(=O)NC(c2nc3ccccc3n2C)C(C)C)cc1. The minimum absolute atomic E-state index is 0.154. The lowest BCUT2D eigenvalue weighted by molar-refractivity contribution is 0.0923. The lowest BCUT2D eigenvalue weighted by Gasteiger charge is -2.22. The molecule has 0 radical (unpaired) electrons. The number of carbonyl (C=O) groups is 1. The quantitative estimate of drug-likeness (QED) is 0.508. The van der Waals surface area contributed by atoms with Crippen LogP contribution in [0, 0.1) is 5.92 Å². The van der Waals surface area contributed by atoms with Gasteiger partial charge in [0.1, 0.15) is 11.6 Å². The number of nitrogens with zero attached hydrogens (tertiary/aromatic N) is 3. The van der Waals surface area contributed by atoms with E-state index in [9.17, 15) is 4.79 Å². The zero-order valence-corrected chi connectivity index (χ0v) is 17.5. The van der Waals surface area contributed by atoms with Gasteiger partial charge in [-0.1, -0.05) is 26.0 Å². The van der Waals surface area contributed by atoms with Crippen LogP contribution in [0.25, 0.3) is 22.3 Å². The van der Waals surface area contributed by atoms with Crippen molar-refractivity contribution in [2.75, 3.05) is 7.11 Å². The number of imidazole rings is 1. The van der Waals surface area contributed by atoms with Crippen molar-refractivity contribution >= 4 is 16.9 Å². The number of para-hydroxylation sites is 2.